The highest BCUT2D eigenvalue weighted by Gasteiger charge is 2.23. The minimum Gasteiger partial charge on any atom is -0.494 e. The number of nitrogens with two attached hydrogens (primary N) is 1. The van der Waals surface area contributed by atoms with Gasteiger partial charge in [0.1, 0.15) is 5.69 Å². The van der Waals surface area contributed by atoms with Crippen molar-refractivity contribution in [2.75, 3.05) is 12.8 Å². The fourth-order valence-electron chi connectivity index (χ4n) is 3.22. The number of nitrogens with one attached hydrogen (secondary N) is 1. The van der Waals surface area contributed by atoms with Gasteiger partial charge < -0.3 is 10.5 Å². The zero-order valence-corrected chi connectivity index (χ0v) is 17.9. The molecule has 160 valence electrons. The van der Waals surface area contributed by atoms with E-state index in [9.17, 15) is 10.0 Å². The first-order valence-corrected chi connectivity index (χ1v) is 8.70. The van der Waals surface area contributed by atoms with Gasteiger partial charge >= 0.3 is 0 Å². The summed E-state index contributed by atoms with van der Waals surface area (Å²) in [6.45, 7) is 0. The van der Waals surface area contributed by atoms with E-state index in [0.717, 1.165) is 16.7 Å². The molecule has 0 fully saturated rings. The van der Waals surface area contributed by atoms with Crippen LogP contribution in [0.3, 0.4) is 0 Å². The second-order valence-corrected chi connectivity index (χ2v) is 6.25. The number of aromatic nitrogens is 3. The number of carbonyl (C=O) groups excluding carboxylic acids is 1. The summed E-state index contributed by atoms with van der Waals surface area (Å²) in [6.07, 6.45) is 6.38. The van der Waals surface area contributed by atoms with Crippen LogP contribution in [0.15, 0.2) is 61.2 Å². The van der Waals surface area contributed by atoms with Crippen molar-refractivity contribution in [2.24, 2.45) is 0 Å². The summed E-state index contributed by atoms with van der Waals surface area (Å²) in [5.41, 5.74) is 11.7. The third kappa shape index (κ3) is 4.36. The SMILES string of the molecule is COc1c(-c2ccc(-c3ccncc3)cc2)nc2c(N)cncc2c1C(=O)NO.Cl.Cl. The summed E-state index contributed by atoms with van der Waals surface area (Å²) in [7, 11) is 1.44. The van der Waals surface area contributed by atoms with E-state index in [1.54, 1.807) is 17.9 Å². The lowest BCUT2D eigenvalue weighted by atomic mass is 10.00. The van der Waals surface area contributed by atoms with E-state index >= 15 is 0 Å². The minimum absolute atomic E-state index is 0. The van der Waals surface area contributed by atoms with E-state index in [4.69, 9.17) is 10.5 Å². The smallest absolute Gasteiger partial charge is 0.279 e. The number of hydrogen-bond acceptors (Lipinski definition) is 7. The van der Waals surface area contributed by atoms with Gasteiger partial charge in [-0.15, -0.1) is 24.8 Å². The second-order valence-electron chi connectivity index (χ2n) is 6.25. The molecule has 0 aliphatic carbocycles. The molecule has 0 radical (unpaired) electrons. The summed E-state index contributed by atoms with van der Waals surface area (Å²) in [4.78, 5) is 25.1. The van der Waals surface area contributed by atoms with Crippen LogP contribution in [0.25, 0.3) is 33.3 Å². The van der Waals surface area contributed by atoms with Crippen molar-refractivity contribution in [1.82, 2.24) is 20.4 Å². The summed E-state index contributed by atoms with van der Waals surface area (Å²) >= 11 is 0. The molecule has 0 aliphatic rings. The van der Waals surface area contributed by atoms with Gasteiger partial charge in [0.25, 0.3) is 5.91 Å². The van der Waals surface area contributed by atoms with Crippen LogP contribution >= 0.6 is 24.8 Å². The van der Waals surface area contributed by atoms with Crippen LogP contribution in [0.2, 0.25) is 0 Å². The number of benzene rings is 1. The lowest BCUT2D eigenvalue weighted by Crippen LogP contribution is -2.20. The van der Waals surface area contributed by atoms with Crippen molar-refractivity contribution < 1.29 is 14.7 Å². The highest BCUT2D eigenvalue weighted by molar-refractivity contribution is 6.11. The molecule has 0 atom stereocenters. The molecule has 31 heavy (non-hydrogen) atoms. The molecular formula is C21H19Cl2N5O3. The maximum atomic E-state index is 12.4. The molecule has 0 unspecified atom stereocenters. The molecule has 0 spiro atoms. The van der Waals surface area contributed by atoms with E-state index in [1.165, 1.54) is 19.5 Å². The average molecular weight is 460 g/mol. The molecule has 0 saturated heterocycles. The van der Waals surface area contributed by atoms with E-state index in [1.807, 2.05) is 36.4 Å². The van der Waals surface area contributed by atoms with Gasteiger partial charge in [0.2, 0.25) is 0 Å². The number of carbonyl (C=O) groups is 1. The number of methoxy groups -OCH3 is 1. The Morgan fingerprint density at radius 2 is 1.58 bits per heavy atom. The molecule has 4 N–H and O–H groups in total. The monoisotopic (exact) mass is 459 g/mol. The zero-order valence-electron chi connectivity index (χ0n) is 16.3. The van der Waals surface area contributed by atoms with Crippen molar-refractivity contribution in [3.63, 3.8) is 0 Å². The van der Waals surface area contributed by atoms with Gasteiger partial charge in [-0.2, -0.15) is 0 Å². The quantitative estimate of drug-likeness (QED) is 0.312. The third-order valence-electron chi connectivity index (χ3n) is 4.59. The Morgan fingerprint density at radius 3 is 2.19 bits per heavy atom. The number of hydroxylamine groups is 1. The number of halogens is 2. The van der Waals surface area contributed by atoms with Gasteiger partial charge in [-0.1, -0.05) is 24.3 Å². The molecule has 8 nitrogen and oxygen atoms in total. The number of amides is 1. The van der Waals surface area contributed by atoms with Crippen LogP contribution in [0.5, 0.6) is 5.75 Å². The van der Waals surface area contributed by atoms with E-state index < -0.39 is 5.91 Å². The molecule has 3 aromatic heterocycles. The molecule has 0 bridgehead atoms. The van der Waals surface area contributed by atoms with Gasteiger partial charge in [0.15, 0.2) is 5.75 Å². The highest BCUT2D eigenvalue weighted by atomic mass is 35.5. The summed E-state index contributed by atoms with van der Waals surface area (Å²) in [5.74, 6) is -0.524. The first kappa shape index (κ1) is 23.8. The third-order valence-corrected chi connectivity index (χ3v) is 4.59. The van der Waals surface area contributed by atoms with Crippen LogP contribution in [-0.2, 0) is 0 Å². The van der Waals surface area contributed by atoms with E-state index in [-0.39, 0.29) is 36.1 Å². The number of nitrogen functional groups attached to an aromatic ring is 1. The predicted octanol–water partition coefficient (Wildman–Crippen LogP) is 3.91. The second kappa shape index (κ2) is 10.0. The van der Waals surface area contributed by atoms with Gasteiger partial charge in [-0.25, -0.2) is 10.5 Å². The van der Waals surface area contributed by atoms with Crippen LogP contribution in [0, 0.1) is 0 Å². The zero-order chi connectivity index (χ0) is 20.4. The molecule has 1 aromatic carbocycles. The number of nitrogens with zero attached hydrogens (tertiary/aromatic N) is 3. The normalized spacial score (nSPS) is 10.0. The number of rotatable bonds is 4. The number of pyridine rings is 3. The standard InChI is InChI=1S/C21H17N5O3.2ClH/c1-29-20-17(21(27)26-28)15-10-24-11-16(22)19(15)25-18(20)14-4-2-12(3-5-14)13-6-8-23-9-7-13;;/h2-11,28H,22H2,1H3,(H,26,27);2*1H. The van der Waals surface area contributed by atoms with Crippen molar-refractivity contribution in [2.45, 2.75) is 0 Å². The molecule has 4 rings (SSSR count). The molecule has 3 heterocycles. The van der Waals surface area contributed by atoms with Crippen molar-refractivity contribution in [1.29, 1.82) is 0 Å². The van der Waals surface area contributed by atoms with Gasteiger partial charge in [-0.3, -0.25) is 20.0 Å². The Hall–Kier alpha value is -3.46. The maximum Gasteiger partial charge on any atom is 0.279 e. The summed E-state index contributed by atoms with van der Waals surface area (Å²) < 4.78 is 5.51. The van der Waals surface area contributed by atoms with Crippen LogP contribution in [0.1, 0.15) is 10.4 Å². The van der Waals surface area contributed by atoms with Crippen LogP contribution < -0.4 is 16.0 Å². The molecule has 10 heteroatoms. The van der Waals surface area contributed by atoms with Crippen molar-refractivity contribution >= 4 is 47.3 Å². The topological polar surface area (TPSA) is 123 Å². The number of fused-ring (bicyclic) bond motifs is 1. The number of hydrogen-bond donors (Lipinski definition) is 3. The van der Waals surface area contributed by atoms with Gasteiger partial charge in [0, 0.05) is 29.5 Å². The summed E-state index contributed by atoms with van der Waals surface area (Å²) in [5, 5.41) is 9.61. The van der Waals surface area contributed by atoms with Gasteiger partial charge in [0.05, 0.1) is 30.1 Å². The van der Waals surface area contributed by atoms with Crippen molar-refractivity contribution in [3.05, 3.63) is 66.7 Å². The predicted molar refractivity (Wildman–Crippen MR) is 123 cm³/mol. The van der Waals surface area contributed by atoms with Crippen LogP contribution in [-0.4, -0.2) is 33.2 Å². The Morgan fingerprint density at radius 1 is 0.968 bits per heavy atom. The Balaban J connectivity index is 0.00000171. The Kier molecular flexibility index (Phi) is 7.71. The van der Waals surface area contributed by atoms with Crippen molar-refractivity contribution in [3.8, 4) is 28.1 Å². The minimum atomic E-state index is -0.740. The molecule has 1 amide bonds. The molecule has 4 aromatic rings. The number of anilines is 1. The lowest BCUT2D eigenvalue weighted by molar-refractivity contribution is 0.0705. The first-order valence-electron chi connectivity index (χ1n) is 8.70. The Labute approximate surface area is 190 Å². The average Bonchev–Trinajstić information content (AvgIpc) is 2.78. The summed E-state index contributed by atoms with van der Waals surface area (Å²) in [6, 6.07) is 11.5. The largest absolute Gasteiger partial charge is 0.494 e. The maximum absolute atomic E-state index is 12.4. The van der Waals surface area contributed by atoms with E-state index in [2.05, 4.69) is 15.0 Å². The highest BCUT2D eigenvalue weighted by Crippen LogP contribution is 2.37. The lowest BCUT2D eigenvalue weighted by Gasteiger charge is -2.15. The molecule has 0 aliphatic heterocycles. The van der Waals surface area contributed by atoms with Crippen LogP contribution in [0.4, 0.5) is 5.69 Å². The fourth-order valence-corrected chi connectivity index (χ4v) is 3.22. The van der Waals surface area contributed by atoms with E-state index in [0.29, 0.717) is 22.3 Å². The molecule has 0 saturated carbocycles. The first-order chi connectivity index (χ1) is 14.1. The number of ether oxygens (including phenoxy) is 1. The molecular weight excluding hydrogens is 441 g/mol. The Bertz CT molecular complexity index is 1210. The fraction of sp³-hybridized carbons (Fsp3) is 0.0476. The van der Waals surface area contributed by atoms with Gasteiger partial charge in [-0.05, 0) is 23.3 Å².